The minimum atomic E-state index is 0.0160. The van der Waals surface area contributed by atoms with Gasteiger partial charge in [0.15, 0.2) is 0 Å². The zero-order valence-electron chi connectivity index (χ0n) is 10.1. The first-order chi connectivity index (χ1) is 8.72. The number of nitrogens with zero attached hydrogens (tertiary/aromatic N) is 2. The highest BCUT2D eigenvalue weighted by Crippen LogP contribution is 2.32. The summed E-state index contributed by atoms with van der Waals surface area (Å²) in [6, 6.07) is 3.77. The second kappa shape index (κ2) is 6.11. The predicted molar refractivity (Wildman–Crippen MR) is 79.0 cm³/mol. The lowest BCUT2D eigenvalue weighted by Gasteiger charge is -2.12. The van der Waals surface area contributed by atoms with Gasteiger partial charge in [0.1, 0.15) is 4.32 Å². The molecule has 1 fully saturated rings. The van der Waals surface area contributed by atoms with Gasteiger partial charge in [-0.3, -0.25) is 14.7 Å². The second-order valence-electron chi connectivity index (χ2n) is 3.97. The summed E-state index contributed by atoms with van der Waals surface area (Å²) in [5.74, 6) is 0.0160. The summed E-state index contributed by atoms with van der Waals surface area (Å²) in [4.78, 5) is 18.6. The van der Waals surface area contributed by atoms with Crippen molar-refractivity contribution in [3.05, 3.63) is 35.0 Å². The standard InChI is InChI=1S/C13H14N2OS2/c1-2-3-7-15-12(16)11(18-13(15)17)8-10-5-4-6-14-9-10/h4-6,8-9H,2-3,7H2,1H3/b11-8+. The molecule has 0 bridgehead atoms. The number of unbranched alkanes of at least 4 members (excludes halogenated alkanes) is 1. The van der Waals surface area contributed by atoms with Gasteiger partial charge in [-0.2, -0.15) is 0 Å². The molecule has 94 valence electrons. The van der Waals surface area contributed by atoms with Crippen LogP contribution in [0.15, 0.2) is 29.4 Å². The van der Waals surface area contributed by atoms with Crippen LogP contribution in [0.5, 0.6) is 0 Å². The third-order valence-electron chi connectivity index (χ3n) is 2.59. The van der Waals surface area contributed by atoms with Crippen molar-refractivity contribution in [1.29, 1.82) is 0 Å². The largest absolute Gasteiger partial charge is 0.293 e. The topological polar surface area (TPSA) is 33.2 Å². The number of thioether (sulfide) groups is 1. The van der Waals surface area contributed by atoms with Crippen LogP contribution in [0.4, 0.5) is 0 Å². The third-order valence-corrected chi connectivity index (χ3v) is 3.97. The molecule has 2 heterocycles. The van der Waals surface area contributed by atoms with E-state index in [9.17, 15) is 4.79 Å². The Bertz CT molecular complexity index is 485. The lowest BCUT2D eigenvalue weighted by Crippen LogP contribution is -2.28. The number of carbonyl (C=O) groups excluding carboxylic acids is 1. The molecule has 0 saturated carbocycles. The van der Waals surface area contributed by atoms with Gasteiger partial charge in [-0.1, -0.05) is 43.4 Å². The van der Waals surface area contributed by atoms with Gasteiger partial charge in [-0.15, -0.1) is 0 Å². The van der Waals surface area contributed by atoms with E-state index in [0.29, 0.717) is 15.8 Å². The van der Waals surface area contributed by atoms with E-state index in [4.69, 9.17) is 12.2 Å². The molecule has 1 aliphatic rings. The molecule has 3 nitrogen and oxygen atoms in total. The molecule has 0 aliphatic carbocycles. The summed E-state index contributed by atoms with van der Waals surface area (Å²) in [7, 11) is 0. The number of pyridine rings is 1. The van der Waals surface area contributed by atoms with E-state index in [1.54, 1.807) is 17.3 Å². The summed E-state index contributed by atoms with van der Waals surface area (Å²) in [6.45, 7) is 2.81. The Kier molecular flexibility index (Phi) is 4.49. The quantitative estimate of drug-likeness (QED) is 0.626. The summed E-state index contributed by atoms with van der Waals surface area (Å²) in [6.07, 6.45) is 7.33. The zero-order chi connectivity index (χ0) is 13.0. The fraction of sp³-hybridized carbons (Fsp3) is 0.308. The maximum Gasteiger partial charge on any atom is 0.266 e. The minimum Gasteiger partial charge on any atom is -0.293 e. The van der Waals surface area contributed by atoms with Crippen molar-refractivity contribution in [3.63, 3.8) is 0 Å². The van der Waals surface area contributed by atoms with Gasteiger partial charge in [0.05, 0.1) is 4.91 Å². The first-order valence-corrected chi connectivity index (χ1v) is 7.10. The number of hydrogen-bond acceptors (Lipinski definition) is 4. The molecule has 0 atom stereocenters. The molecule has 0 radical (unpaired) electrons. The molecule has 1 saturated heterocycles. The van der Waals surface area contributed by atoms with Gasteiger partial charge in [-0.05, 0) is 24.1 Å². The van der Waals surface area contributed by atoms with Crippen molar-refractivity contribution in [2.75, 3.05) is 6.54 Å². The van der Waals surface area contributed by atoms with Crippen molar-refractivity contribution < 1.29 is 4.79 Å². The number of carbonyl (C=O) groups is 1. The highest BCUT2D eigenvalue weighted by atomic mass is 32.2. The number of thiocarbonyl (C=S) groups is 1. The summed E-state index contributed by atoms with van der Waals surface area (Å²) >= 11 is 6.60. The Morgan fingerprint density at radius 3 is 3.06 bits per heavy atom. The first kappa shape index (κ1) is 13.2. The molecule has 1 aliphatic heterocycles. The Hall–Kier alpha value is -1.20. The van der Waals surface area contributed by atoms with Gasteiger partial charge in [0, 0.05) is 18.9 Å². The van der Waals surface area contributed by atoms with Crippen LogP contribution in [-0.2, 0) is 4.79 Å². The van der Waals surface area contributed by atoms with Crippen LogP contribution >= 0.6 is 24.0 Å². The van der Waals surface area contributed by atoms with Crippen LogP contribution in [0.25, 0.3) is 6.08 Å². The van der Waals surface area contributed by atoms with E-state index < -0.39 is 0 Å². The Balaban J connectivity index is 2.15. The second-order valence-corrected chi connectivity index (χ2v) is 5.65. The molecule has 5 heteroatoms. The summed E-state index contributed by atoms with van der Waals surface area (Å²) < 4.78 is 0.656. The van der Waals surface area contributed by atoms with Crippen molar-refractivity contribution in [1.82, 2.24) is 9.88 Å². The molecule has 1 amide bonds. The number of aromatic nitrogens is 1. The van der Waals surface area contributed by atoms with Crippen molar-refractivity contribution >= 4 is 40.3 Å². The number of hydrogen-bond donors (Lipinski definition) is 0. The predicted octanol–water partition coefficient (Wildman–Crippen LogP) is 3.08. The first-order valence-electron chi connectivity index (χ1n) is 5.87. The lowest BCUT2D eigenvalue weighted by atomic mass is 10.2. The molecule has 1 aromatic rings. The van der Waals surface area contributed by atoms with Crippen LogP contribution in [0.3, 0.4) is 0 Å². The van der Waals surface area contributed by atoms with Crippen LogP contribution in [0.2, 0.25) is 0 Å². The fourth-order valence-electron chi connectivity index (χ4n) is 1.62. The van der Waals surface area contributed by atoms with Gasteiger partial charge < -0.3 is 0 Å². The van der Waals surface area contributed by atoms with Gasteiger partial charge in [0.2, 0.25) is 0 Å². The smallest absolute Gasteiger partial charge is 0.266 e. The van der Waals surface area contributed by atoms with Gasteiger partial charge >= 0.3 is 0 Å². The van der Waals surface area contributed by atoms with Crippen molar-refractivity contribution in [2.45, 2.75) is 19.8 Å². The molecular formula is C13H14N2OS2. The van der Waals surface area contributed by atoms with E-state index in [-0.39, 0.29) is 5.91 Å². The normalized spacial score (nSPS) is 17.8. The SMILES string of the molecule is CCCCN1C(=O)/C(=C\c2cccnc2)SC1=S. The molecule has 18 heavy (non-hydrogen) atoms. The van der Waals surface area contributed by atoms with E-state index in [1.807, 2.05) is 18.2 Å². The fourth-order valence-corrected chi connectivity index (χ4v) is 2.93. The highest BCUT2D eigenvalue weighted by molar-refractivity contribution is 8.26. The van der Waals surface area contributed by atoms with Crippen LogP contribution in [0.1, 0.15) is 25.3 Å². The zero-order valence-corrected chi connectivity index (χ0v) is 11.8. The van der Waals surface area contributed by atoms with Gasteiger partial charge in [0.25, 0.3) is 5.91 Å². The van der Waals surface area contributed by atoms with Crippen LogP contribution in [-0.4, -0.2) is 26.7 Å². The van der Waals surface area contributed by atoms with Crippen LogP contribution in [0, 0.1) is 0 Å². The minimum absolute atomic E-state index is 0.0160. The molecule has 2 rings (SSSR count). The molecule has 1 aromatic heterocycles. The van der Waals surface area contributed by atoms with Crippen molar-refractivity contribution in [2.24, 2.45) is 0 Å². The van der Waals surface area contributed by atoms with Crippen LogP contribution < -0.4 is 0 Å². The monoisotopic (exact) mass is 278 g/mol. The average molecular weight is 278 g/mol. The van der Waals surface area contributed by atoms with E-state index in [0.717, 1.165) is 18.4 Å². The number of amides is 1. The number of rotatable bonds is 4. The molecule has 0 N–H and O–H groups in total. The lowest BCUT2D eigenvalue weighted by molar-refractivity contribution is -0.122. The Morgan fingerprint density at radius 1 is 1.56 bits per heavy atom. The Labute approximate surface area is 116 Å². The van der Waals surface area contributed by atoms with Crippen molar-refractivity contribution in [3.8, 4) is 0 Å². The molecule has 0 spiro atoms. The van der Waals surface area contributed by atoms with E-state index in [1.165, 1.54) is 11.8 Å². The maximum atomic E-state index is 12.2. The van der Waals surface area contributed by atoms with E-state index >= 15 is 0 Å². The molecular weight excluding hydrogens is 264 g/mol. The molecule has 0 aromatic carbocycles. The Morgan fingerprint density at radius 2 is 2.39 bits per heavy atom. The maximum absolute atomic E-state index is 12.2. The van der Waals surface area contributed by atoms with Gasteiger partial charge in [-0.25, -0.2) is 0 Å². The summed E-state index contributed by atoms with van der Waals surface area (Å²) in [5.41, 5.74) is 0.925. The molecule has 0 unspecified atom stereocenters. The summed E-state index contributed by atoms with van der Waals surface area (Å²) in [5, 5.41) is 0. The van der Waals surface area contributed by atoms with E-state index in [2.05, 4.69) is 11.9 Å². The third kappa shape index (κ3) is 2.97. The highest BCUT2D eigenvalue weighted by Gasteiger charge is 2.31. The average Bonchev–Trinajstić information content (AvgIpc) is 2.64.